The molecule has 8 atom stereocenters. The van der Waals surface area contributed by atoms with E-state index in [0.717, 1.165) is 0 Å². The Kier molecular flexibility index (Phi) is 9.59. The molecule has 6 saturated heterocycles. The predicted molar refractivity (Wildman–Crippen MR) is 175 cm³/mol. The third-order valence-electron chi connectivity index (χ3n) is 9.80. The highest BCUT2D eigenvalue weighted by molar-refractivity contribution is 7.46. The van der Waals surface area contributed by atoms with Crippen LogP contribution in [-0.4, -0.2) is 80.1 Å². The van der Waals surface area contributed by atoms with Crippen molar-refractivity contribution in [2.75, 3.05) is 6.61 Å². The second-order valence-electron chi connectivity index (χ2n) is 12.7. The molecule has 8 unspecified atom stereocenters. The molecule has 6 aliphatic heterocycles. The van der Waals surface area contributed by atoms with Gasteiger partial charge in [-0.15, -0.1) is 0 Å². The smallest absolute Gasteiger partial charge is 0.465 e. The van der Waals surface area contributed by atoms with Gasteiger partial charge in [-0.2, -0.15) is 0 Å². The maximum absolute atomic E-state index is 12.8. The number of hydrogen-bond donors (Lipinski definition) is 0. The van der Waals surface area contributed by atoms with Crippen LogP contribution in [0.25, 0.3) is 0 Å². The molecule has 0 saturated carbocycles. The Morgan fingerprint density at radius 2 is 0.860 bits per heavy atom. The highest BCUT2D eigenvalue weighted by Gasteiger charge is 2.89. The molecular formula is C23H52O12Si8. The minimum Gasteiger partial charge on any atom is -0.465 e. The van der Waals surface area contributed by atoms with E-state index in [9.17, 15) is 4.79 Å². The van der Waals surface area contributed by atoms with Crippen molar-refractivity contribution >= 4 is 73.5 Å². The van der Waals surface area contributed by atoms with Gasteiger partial charge in [0.05, 0.1) is 12.0 Å². The second-order valence-corrected chi connectivity index (χ2v) is 47.0. The molecule has 0 radical (unpaired) electrons. The van der Waals surface area contributed by atoms with Gasteiger partial charge in [0, 0.05) is 24.2 Å². The average molecular weight is 745 g/mol. The first kappa shape index (κ1) is 35.1. The maximum Gasteiger partial charge on any atom is 0.476 e. The van der Waals surface area contributed by atoms with Crippen molar-refractivity contribution < 1.29 is 50.7 Å². The van der Waals surface area contributed by atoms with E-state index < -0.39 is 72.9 Å². The van der Waals surface area contributed by atoms with E-state index >= 15 is 0 Å². The Balaban J connectivity index is 1.70. The first-order valence-electron chi connectivity index (χ1n) is 16.4. The monoisotopic (exact) mass is 744 g/mol. The van der Waals surface area contributed by atoms with Gasteiger partial charge in [-0.05, 0) is 50.9 Å². The Bertz CT molecular complexity index is 1100. The van der Waals surface area contributed by atoms with Crippen molar-refractivity contribution in [3.8, 4) is 0 Å². The van der Waals surface area contributed by atoms with Gasteiger partial charge in [0.1, 0.15) is 0 Å². The standard InChI is InChI=1S/C23H52O12Si8/c1-11-23(9,10)22(24)25-20-19-21-39-28-37(13-3)26-36(12-2)27-38(14-4)31-40(15-5,30-37)43(18-8,34-39)35-42(17-7,32-38)41(16-6,29-36)33-39/h11-21H2,1-10H3. The van der Waals surface area contributed by atoms with Gasteiger partial charge in [-0.3, -0.25) is 4.79 Å². The zero-order valence-electron chi connectivity index (χ0n) is 27.7. The fourth-order valence-corrected chi connectivity index (χ4v) is 83.9. The summed E-state index contributed by atoms with van der Waals surface area (Å²) >= 11 is 0. The zero-order valence-corrected chi connectivity index (χ0v) is 35.7. The molecular weight excluding hydrogens is 693 g/mol. The number of hydrogen-bond acceptors (Lipinski definition) is 12. The number of esters is 1. The van der Waals surface area contributed by atoms with Crippen molar-refractivity contribution in [2.45, 2.75) is 130 Å². The summed E-state index contributed by atoms with van der Waals surface area (Å²) in [6.07, 6.45) is 1.21. The molecule has 0 aromatic heterocycles. The fourth-order valence-electron chi connectivity index (χ4n) is 6.69. The van der Waals surface area contributed by atoms with Crippen molar-refractivity contribution in [3.05, 3.63) is 0 Å². The lowest BCUT2D eigenvalue weighted by molar-refractivity contribution is -0.154. The minimum absolute atomic E-state index is 0.210. The summed E-state index contributed by atoms with van der Waals surface area (Å²) < 4.78 is 79.6. The van der Waals surface area contributed by atoms with E-state index in [-0.39, 0.29) is 12.6 Å². The number of carbonyl (C=O) groups excluding carboxylic acids is 1. The molecule has 20 heteroatoms. The third-order valence-corrected chi connectivity index (χ3v) is 63.4. The SMILES string of the molecule is CCC(C)(C)C(=O)OCCC[Si]12O[Si]3(CC)O[Si]4(CC)O[Si]5(CC)O[Si](CC)(O3)[Si](CC)(O1)O[Si](CC)(O5)[Si](CC)(O4)O2. The van der Waals surface area contributed by atoms with Gasteiger partial charge in [0.2, 0.25) is 0 Å². The molecule has 6 heterocycles. The van der Waals surface area contributed by atoms with E-state index in [2.05, 4.69) is 34.6 Å². The molecule has 0 N–H and O–H groups in total. The third kappa shape index (κ3) is 5.22. The van der Waals surface area contributed by atoms with Gasteiger partial charge in [-0.1, -0.05) is 55.4 Å². The first-order valence-corrected chi connectivity index (χ1v) is 34.2. The molecule has 0 spiro atoms. The van der Waals surface area contributed by atoms with E-state index in [4.69, 9.17) is 45.9 Å². The van der Waals surface area contributed by atoms with Crippen LogP contribution in [0.4, 0.5) is 0 Å². The van der Waals surface area contributed by atoms with Gasteiger partial charge in [0.25, 0.3) is 0 Å². The summed E-state index contributed by atoms with van der Waals surface area (Å²) in [4.78, 5) is 12.8. The Morgan fingerprint density at radius 3 is 1.23 bits per heavy atom. The molecule has 6 aliphatic rings. The lowest BCUT2D eigenvalue weighted by Crippen LogP contribution is -2.81. The molecule has 8 bridgehead atoms. The van der Waals surface area contributed by atoms with Crippen molar-refractivity contribution in [3.63, 3.8) is 0 Å². The molecule has 0 aromatic carbocycles. The Labute approximate surface area is 265 Å². The van der Waals surface area contributed by atoms with Gasteiger partial charge in [0.15, 0.2) is 0 Å². The van der Waals surface area contributed by atoms with Crippen molar-refractivity contribution in [1.82, 2.24) is 0 Å². The average Bonchev–Trinajstić information content (AvgIpc) is 3.27. The molecule has 248 valence electrons. The fraction of sp³-hybridized carbons (Fsp3) is 0.957. The van der Waals surface area contributed by atoms with Crippen LogP contribution in [0, 0.1) is 5.41 Å². The summed E-state index contributed by atoms with van der Waals surface area (Å²) in [6, 6.07) is 4.47. The molecule has 0 aliphatic carbocycles. The normalized spacial score (nSPS) is 46.8. The first-order chi connectivity index (χ1) is 20.2. The lowest BCUT2D eigenvalue weighted by atomic mass is 9.91. The second kappa shape index (κ2) is 11.7. The largest absolute Gasteiger partial charge is 0.476 e. The van der Waals surface area contributed by atoms with Crippen LogP contribution < -0.4 is 0 Å². The molecule has 6 fully saturated rings. The van der Waals surface area contributed by atoms with Crippen molar-refractivity contribution in [1.29, 1.82) is 0 Å². The maximum atomic E-state index is 12.8. The minimum atomic E-state index is -3.63. The van der Waals surface area contributed by atoms with Crippen LogP contribution >= 0.6 is 0 Å². The molecule has 6 rings (SSSR count). The van der Waals surface area contributed by atoms with E-state index in [1.807, 2.05) is 34.6 Å². The van der Waals surface area contributed by atoms with Gasteiger partial charge in [-0.25, -0.2) is 0 Å². The lowest BCUT2D eigenvalue weighted by Gasteiger charge is -2.53. The highest BCUT2D eigenvalue weighted by Crippen LogP contribution is 2.58. The quantitative estimate of drug-likeness (QED) is 0.136. The molecule has 43 heavy (non-hydrogen) atoms. The van der Waals surface area contributed by atoms with E-state index in [1.165, 1.54) is 0 Å². The van der Waals surface area contributed by atoms with Gasteiger partial charge < -0.3 is 45.9 Å². The summed E-state index contributed by atoms with van der Waals surface area (Å²) in [7, 11) is -27.5. The van der Waals surface area contributed by atoms with Gasteiger partial charge >= 0.3 is 73.5 Å². The Morgan fingerprint density at radius 1 is 0.512 bits per heavy atom. The van der Waals surface area contributed by atoms with Crippen molar-refractivity contribution in [2.24, 2.45) is 5.41 Å². The summed E-state index contributed by atoms with van der Waals surface area (Å²) in [5, 5.41) is 0. The van der Waals surface area contributed by atoms with Crippen LogP contribution in [0.2, 0.25) is 48.4 Å². The Hall–Kier alpha value is 0.805. The van der Waals surface area contributed by atoms with Crippen LogP contribution in [0.15, 0.2) is 0 Å². The van der Waals surface area contributed by atoms with E-state index in [1.54, 1.807) is 0 Å². The van der Waals surface area contributed by atoms with E-state index in [0.29, 0.717) is 61.2 Å². The van der Waals surface area contributed by atoms with Crippen LogP contribution in [0.1, 0.15) is 82.1 Å². The van der Waals surface area contributed by atoms with Crippen LogP contribution in [0.3, 0.4) is 0 Å². The summed E-state index contributed by atoms with van der Waals surface area (Å²) in [5.41, 5.74) is -0.545. The molecule has 0 amide bonds. The summed E-state index contributed by atoms with van der Waals surface area (Å²) in [5.74, 6) is -0.210. The van der Waals surface area contributed by atoms with Crippen LogP contribution in [0.5, 0.6) is 0 Å². The van der Waals surface area contributed by atoms with Crippen LogP contribution in [-0.2, 0) is 50.7 Å². The number of ether oxygens (including phenoxy) is 1. The molecule has 12 nitrogen and oxygen atoms in total. The predicted octanol–water partition coefficient (Wildman–Crippen LogP) is 5.41. The zero-order chi connectivity index (χ0) is 31.6. The number of rotatable bonds is 13. The molecule has 0 aromatic rings. The summed E-state index contributed by atoms with van der Waals surface area (Å²) in [6.45, 7) is 20.7. The highest BCUT2D eigenvalue weighted by atomic mass is 29.4. The topological polar surface area (TPSA) is 119 Å². The number of carbonyl (C=O) groups is 1.